The fourth-order valence-electron chi connectivity index (χ4n) is 3.26. The van der Waals surface area contributed by atoms with Crippen LogP contribution in [0.2, 0.25) is 0 Å². The van der Waals surface area contributed by atoms with Gasteiger partial charge < -0.3 is 11.1 Å². The minimum atomic E-state index is -0.0669. The smallest absolute Gasteiger partial charge is 0.228 e. The Bertz CT molecular complexity index is 998. The van der Waals surface area contributed by atoms with Crippen molar-refractivity contribution < 1.29 is 4.79 Å². The molecule has 4 rings (SSSR count). The van der Waals surface area contributed by atoms with Crippen molar-refractivity contribution in [2.45, 2.75) is 33.1 Å². The number of nitrogens with one attached hydrogen (secondary N) is 1. The number of rotatable bonds is 4. The van der Waals surface area contributed by atoms with Crippen LogP contribution in [0.25, 0.3) is 21.8 Å². The van der Waals surface area contributed by atoms with Crippen molar-refractivity contribution >= 4 is 28.7 Å². The van der Waals surface area contributed by atoms with Crippen molar-refractivity contribution in [3.05, 3.63) is 47.0 Å². The number of fused-ring (bicyclic) bond motifs is 3. The topological polar surface area (TPSA) is 80.9 Å². The fourth-order valence-corrected chi connectivity index (χ4v) is 3.98. The molecule has 0 radical (unpaired) electrons. The quantitative estimate of drug-likeness (QED) is 0.653. The summed E-state index contributed by atoms with van der Waals surface area (Å²) in [6, 6.07) is 9.93. The Morgan fingerprint density at radius 3 is 2.85 bits per heavy atom. The molecule has 2 aromatic heterocycles. The molecule has 138 valence electrons. The first-order valence-electron chi connectivity index (χ1n) is 9.21. The number of hydrogen-bond donors (Lipinski definition) is 2. The number of anilines is 2. The summed E-state index contributed by atoms with van der Waals surface area (Å²) in [7, 11) is 0. The molecule has 0 bridgehead atoms. The van der Waals surface area contributed by atoms with Gasteiger partial charge in [0.1, 0.15) is 5.69 Å². The van der Waals surface area contributed by atoms with Gasteiger partial charge in [0.05, 0.1) is 16.3 Å². The van der Waals surface area contributed by atoms with Crippen molar-refractivity contribution in [1.29, 1.82) is 0 Å². The van der Waals surface area contributed by atoms with Crippen LogP contribution in [0.15, 0.2) is 35.7 Å². The van der Waals surface area contributed by atoms with Gasteiger partial charge in [0.2, 0.25) is 5.91 Å². The Balaban J connectivity index is 1.84. The molecule has 0 fully saturated rings. The molecule has 0 saturated carbocycles. The summed E-state index contributed by atoms with van der Waals surface area (Å²) in [6.07, 6.45) is 2.45. The zero-order valence-corrected chi connectivity index (χ0v) is 16.3. The average Bonchev–Trinajstić information content (AvgIpc) is 3.20. The molecule has 1 unspecified atom stereocenters. The normalized spacial score (nSPS) is 13.6. The molecule has 1 aliphatic carbocycles. The molecule has 2 heterocycles. The molecule has 1 atom stereocenters. The van der Waals surface area contributed by atoms with Gasteiger partial charge in [-0.1, -0.05) is 26.0 Å². The van der Waals surface area contributed by atoms with E-state index in [2.05, 4.69) is 5.32 Å². The number of benzene rings is 1. The molecule has 0 aliphatic heterocycles. The lowest BCUT2D eigenvalue weighted by atomic mass is 9.91. The van der Waals surface area contributed by atoms with E-state index in [1.807, 2.05) is 49.6 Å². The minimum Gasteiger partial charge on any atom is -0.399 e. The van der Waals surface area contributed by atoms with E-state index in [4.69, 9.17) is 15.7 Å². The number of carbonyl (C=O) groups excluding carboxylic acids is 1. The summed E-state index contributed by atoms with van der Waals surface area (Å²) < 4.78 is 0. The summed E-state index contributed by atoms with van der Waals surface area (Å²) in [4.78, 5) is 23.3. The SMILES string of the molecule is CCC(C)C(=O)Nc1nc2c(nc1-c1cccs1)-c1ccc(N)cc1CC2. The lowest BCUT2D eigenvalue weighted by Crippen LogP contribution is -2.22. The largest absolute Gasteiger partial charge is 0.399 e. The lowest BCUT2D eigenvalue weighted by molar-refractivity contribution is -0.119. The van der Waals surface area contributed by atoms with Gasteiger partial charge in [0.15, 0.2) is 5.82 Å². The molecule has 1 aromatic carbocycles. The summed E-state index contributed by atoms with van der Waals surface area (Å²) >= 11 is 1.59. The van der Waals surface area contributed by atoms with Crippen molar-refractivity contribution in [2.75, 3.05) is 11.1 Å². The van der Waals surface area contributed by atoms with E-state index in [-0.39, 0.29) is 11.8 Å². The molecule has 1 amide bonds. The minimum absolute atomic E-state index is 0.0199. The zero-order valence-electron chi connectivity index (χ0n) is 15.5. The van der Waals surface area contributed by atoms with Crippen molar-refractivity contribution in [3.8, 4) is 21.8 Å². The van der Waals surface area contributed by atoms with E-state index in [1.165, 1.54) is 5.56 Å². The Hall–Kier alpha value is -2.73. The summed E-state index contributed by atoms with van der Waals surface area (Å²) in [6.45, 7) is 3.93. The van der Waals surface area contributed by atoms with Gasteiger partial charge in [-0.3, -0.25) is 4.79 Å². The van der Waals surface area contributed by atoms with Crippen molar-refractivity contribution in [1.82, 2.24) is 9.97 Å². The highest BCUT2D eigenvalue weighted by molar-refractivity contribution is 7.13. The number of aromatic nitrogens is 2. The maximum atomic E-state index is 12.5. The summed E-state index contributed by atoms with van der Waals surface area (Å²) in [5.74, 6) is 0.469. The zero-order chi connectivity index (χ0) is 19.0. The van der Waals surface area contributed by atoms with E-state index in [0.717, 1.165) is 52.5 Å². The first kappa shape index (κ1) is 17.7. The lowest BCUT2D eigenvalue weighted by Gasteiger charge is -2.21. The predicted molar refractivity (Wildman–Crippen MR) is 111 cm³/mol. The Morgan fingerprint density at radius 1 is 1.26 bits per heavy atom. The first-order chi connectivity index (χ1) is 13.1. The molecule has 3 aromatic rings. The van der Waals surface area contributed by atoms with Gasteiger partial charge >= 0.3 is 0 Å². The molecular formula is C21H22N4OS. The van der Waals surface area contributed by atoms with Gasteiger partial charge in [-0.25, -0.2) is 9.97 Å². The number of carbonyl (C=O) groups is 1. The van der Waals surface area contributed by atoms with Gasteiger partial charge in [-0.2, -0.15) is 0 Å². The van der Waals surface area contributed by atoms with E-state index in [9.17, 15) is 4.79 Å². The number of amides is 1. The second-order valence-electron chi connectivity index (χ2n) is 6.91. The van der Waals surface area contributed by atoms with Crippen LogP contribution in [0.4, 0.5) is 11.5 Å². The van der Waals surface area contributed by atoms with E-state index >= 15 is 0 Å². The number of nitrogens with two attached hydrogens (primary N) is 1. The van der Waals surface area contributed by atoms with Gasteiger partial charge in [0.25, 0.3) is 0 Å². The molecule has 27 heavy (non-hydrogen) atoms. The molecule has 0 spiro atoms. The first-order valence-corrected chi connectivity index (χ1v) is 10.1. The second kappa shape index (κ2) is 7.12. The third-order valence-corrected chi connectivity index (χ3v) is 5.92. The highest BCUT2D eigenvalue weighted by Crippen LogP contribution is 2.37. The third-order valence-electron chi connectivity index (χ3n) is 5.04. The van der Waals surface area contributed by atoms with Crippen molar-refractivity contribution in [2.24, 2.45) is 5.92 Å². The monoisotopic (exact) mass is 378 g/mol. The van der Waals surface area contributed by atoms with Crippen LogP contribution in [0.3, 0.4) is 0 Å². The highest BCUT2D eigenvalue weighted by Gasteiger charge is 2.24. The second-order valence-corrected chi connectivity index (χ2v) is 7.86. The maximum Gasteiger partial charge on any atom is 0.228 e. The molecule has 1 aliphatic rings. The van der Waals surface area contributed by atoms with Gasteiger partial charge in [-0.15, -0.1) is 11.3 Å². The van der Waals surface area contributed by atoms with Crippen LogP contribution >= 0.6 is 11.3 Å². The number of aryl methyl sites for hydroxylation is 2. The number of hydrogen-bond acceptors (Lipinski definition) is 5. The number of nitrogen functional groups attached to an aromatic ring is 1. The number of thiophene rings is 1. The van der Waals surface area contributed by atoms with E-state index < -0.39 is 0 Å². The molecule has 6 heteroatoms. The fraction of sp³-hybridized carbons (Fsp3) is 0.286. The summed E-state index contributed by atoms with van der Waals surface area (Å²) in [5, 5.41) is 5.01. The maximum absolute atomic E-state index is 12.5. The Labute approximate surface area is 162 Å². The van der Waals surface area contributed by atoms with Crippen LogP contribution < -0.4 is 11.1 Å². The Kier molecular flexibility index (Phi) is 4.66. The third kappa shape index (κ3) is 3.32. The summed E-state index contributed by atoms with van der Waals surface area (Å²) in [5.41, 5.74) is 11.5. The van der Waals surface area contributed by atoms with Crippen LogP contribution in [0, 0.1) is 5.92 Å². The van der Waals surface area contributed by atoms with Crippen molar-refractivity contribution in [3.63, 3.8) is 0 Å². The number of nitrogens with zero attached hydrogens (tertiary/aromatic N) is 2. The standard InChI is InChI=1S/C21H22N4OS/c1-3-12(2)21(26)25-20-19(17-5-4-10-27-17)24-18-15-8-7-14(22)11-13(15)6-9-16(18)23-20/h4-5,7-8,10-12H,3,6,9,22H2,1-2H3,(H,23,25,26). The molecule has 3 N–H and O–H groups in total. The predicted octanol–water partition coefficient (Wildman–Crippen LogP) is 4.54. The highest BCUT2D eigenvalue weighted by atomic mass is 32.1. The molecular weight excluding hydrogens is 356 g/mol. The van der Waals surface area contributed by atoms with Gasteiger partial charge in [-0.05, 0) is 48.4 Å². The van der Waals surface area contributed by atoms with E-state index in [1.54, 1.807) is 11.3 Å². The van der Waals surface area contributed by atoms with Gasteiger partial charge in [0, 0.05) is 17.2 Å². The molecule has 0 saturated heterocycles. The molecule has 5 nitrogen and oxygen atoms in total. The van der Waals surface area contributed by atoms with E-state index in [0.29, 0.717) is 5.82 Å². The average molecular weight is 379 g/mol. The van der Waals surface area contributed by atoms with Crippen LogP contribution in [0.1, 0.15) is 31.5 Å². The van der Waals surface area contributed by atoms with Crippen LogP contribution in [-0.2, 0) is 17.6 Å². The van der Waals surface area contributed by atoms with Crippen LogP contribution in [0.5, 0.6) is 0 Å². The van der Waals surface area contributed by atoms with Crippen LogP contribution in [-0.4, -0.2) is 15.9 Å². The Morgan fingerprint density at radius 2 is 2.11 bits per heavy atom.